The largest absolute Gasteiger partial charge is 0.573 e. The number of benzene rings is 2. The lowest BCUT2D eigenvalue weighted by Crippen LogP contribution is -2.40. The molecule has 0 bridgehead atoms. The van der Waals surface area contributed by atoms with E-state index < -0.39 is 11.7 Å². The lowest BCUT2D eigenvalue weighted by atomic mass is 9.83. The van der Waals surface area contributed by atoms with E-state index in [0.717, 1.165) is 5.56 Å². The summed E-state index contributed by atoms with van der Waals surface area (Å²) in [5.74, 6) is -0.992. The summed E-state index contributed by atoms with van der Waals surface area (Å²) < 4.78 is 56.4. The van der Waals surface area contributed by atoms with Gasteiger partial charge < -0.3 is 14.2 Å². The van der Waals surface area contributed by atoms with Crippen molar-refractivity contribution in [3.63, 3.8) is 0 Å². The third kappa shape index (κ3) is 5.21. The molecule has 1 saturated heterocycles. The van der Waals surface area contributed by atoms with Gasteiger partial charge in [-0.25, -0.2) is 9.37 Å². The third-order valence-electron chi connectivity index (χ3n) is 5.41. The number of hydrogen-bond donors (Lipinski definition) is 0. The van der Waals surface area contributed by atoms with Crippen LogP contribution in [-0.2, 0) is 0 Å². The van der Waals surface area contributed by atoms with Gasteiger partial charge in [-0.3, -0.25) is 4.79 Å². The number of imidazole rings is 1. The number of alkyl halides is 3. The number of piperidine rings is 1. The fraction of sp³-hybridized carbons (Fsp3) is 0.273. The van der Waals surface area contributed by atoms with Gasteiger partial charge >= 0.3 is 11.7 Å². The zero-order chi connectivity index (χ0) is 22.9. The van der Waals surface area contributed by atoms with Gasteiger partial charge in [-0.1, -0.05) is 18.2 Å². The zero-order valence-electron chi connectivity index (χ0n) is 16.6. The van der Waals surface area contributed by atoms with E-state index in [-0.39, 0.29) is 23.4 Å². The van der Waals surface area contributed by atoms with Crippen LogP contribution in [0.2, 0.25) is 0 Å². The molecule has 0 radical (unpaired) electrons. The van der Waals surface area contributed by atoms with E-state index in [1.54, 1.807) is 41.4 Å². The van der Waals surface area contributed by atoms with E-state index in [9.17, 15) is 22.4 Å². The number of rotatable bonds is 4. The number of carbonyl (C=O) groups is 1. The first kappa shape index (κ1) is 22.1. The van der Waals surface area contributed by atoms with Crippen molar-refractivity contribution < 1.29 is 27.1 Å². The van der Waals surface area contributed by atoms with Crippen molar-refractivity contribution in [2.75, 3.05) is 13.1 Å². The average Bonchev–Trinajstić information content (AvgIpc) is 3.23. The van der Waals surface area contributed by atoms with E-state index in [0.29, 0.717) is 30.9 Å². The molecule has 1 aromatic heterocycles. The molecule has 0 aliphatic carbocycles. The van der Waals surface area contributed by atoms with Crippen LogP contribution in [0.4, 0.5) is 22.4 Å². The van der Waals surface area contributed by atoms with Crippen LogP contribution in [0.5, 0.6) is 5.75 Å². The maximum absolute atomic E-state index is 13.5. The van der Waals surface area contributed by atoms with Crippen molar-refractivity contribution in [2.24, 2.45) is 0 Å². The van der Waals surface area contributed by atoms with Gasteiger partial charge in [0, 0.05) is 36.8 Å². The molecule has 10 heteroatoms. The van der Waals surface area contributed by atoms with Gasteiger partial charge in [0.1, 0.15) is 11.6 Å². The second-order valence-electron chi connectivity index (χ2n) is 7.59. The van der Waals surface area contributed by atoms with Gasteiger partial charge in [0.05, 0.1) is 12.0 Å². The molecule has 2 heterocycles. The van der Waals surface area contributed by atoms with Crippen LogP contribution in [0.1, 0.15) is 29.5 Å². The van der Waals surface area contributed by atoms with Crippen molar-refractivity contribution in [1.82, 2.24) is 14.5 Å². The minimum Gasteiger partial charge on any atom is -0.406 e. The molecule has 32 heavy (non-hydrogen) atoms. The summed E-state index contributed by atoms with van der Waals surface area (Å²) in [6.45, 7) is 0.692. The fourth-order valence-corrected chi connectivity index (χ4v) is 4.10. The molecule has 2 aromatic carbocycles. The maximum atomic E-state index is 13.5. The number of hydrogen-bond acceptors (Lipinski definition) is 3. The molecule has 3 aromatic rings. The van der Waals surface area contributed by atoms with E-state index in [2.05, 4.69) is 9.72 Å². The number of likely N-dealkylation sites (tertiary alicyclic amines) is 1. The van der Waals surface area contributed by atoms with Crippen LogP contribution >= 0.6 is 11.6 Å². The lowest BCUT2D eigenvalue weighted by Gasteiger charge is -2.36. The van der Waals surface area contributed by atoms with Crippen LogP contribution < -0.4 is 4.74 Å². The van der Waals surface area contributed by atoms with Gasteiger partial charge in [0.2, 0.25) is 0 Å². The number of halogens is 5. The standard InChI is InChI=1S/C22H18ClF4N3O2/c23-21(31)29-10-15(14-4-6-19(7-5-14)32-22(25,26)27)8-16(11-29)20-12-30(13-28-20)18-3-1-2-17(24)9-18/h1-7,9,12-13,15-16H,8,10-11H2. The van der Waals surface area contributed by atoms with Crippen molar-refractivity contribution in [1.29, 1.82) is 0 Å². The number of nitrogens with zero attached hydrogens (tertiary/aromatic N) is 3. The van der Waals surface area contributed by atoms with Crippen LogP contribution in [0, 0.1) is 5.82 Å². The topological polar surface area (TPSA) is 47.4 Å². The van der Waals surface area contributed by atoms with Crippen molar-refractivity contribution in [3.05, 3.63) is 78.1 Å². The monoisotopic (exact) mass is 467 g/mol. The predicted octanol–water partition coefficient (Wildman–Crippen LogP) is 5.84. The van der Waals surface area contributed by atoms with Crippen molar-refractivity contribution in [2.45, 2.75) is 24.6 Å². The molecule has 5 nitrogen and oxygen atoms in total. The molecule has 2 atom stereocenters. The summed E-state index contributed by atoms with van der Waals surface area (Å²) in [6, 6.07) is 11.7. The summed E-state index contributed by atoms with van der Waals surface area (Å²) in [4.78, 5) is 17.8. The Kier molecular flexibility index (Phi) is 6.10. The van der Waals surface area contributed by atoms with Gasteiger partial charge in [-0.05, 0) is 53.9 Å². The van der Waals surface area contributed by atoms with E-state index >= 15 is 0 Å². The molecule has 1 aliphatic heterocycles. The highest BCUT2D eigenvalue weighted by Gasteiger charge is 2.33. The highest BCUT2D eigenvalue weighted by atomic mass is 35.5. The molecule has 168 valence electrons. The Balaban J connectivity index is 1.56. The molecule has 1 amide bonds. The summed E-state index contributed by atoms with van der Waals surface area (Å²) in [7, 11) is 0. The number of carbonyl (C=O) groups excluding carboxylic acids is 1. The van der Waals surface area contributed by atoms with Gasteiger partial charge in [0.15, 0.2) is 0 Å². The molecule has 0 N–H and O–H groups in total. The highest BCUT2D eigenvalue weighted by Crippen LogP contribution is 2.37. The minimum atomic E-state index is -4.76. The number of ether oxygens (including phenoxy) is 1. The normalized spacial score (nSPS) is 19.1. The van der Waals surface area contributed by atoms with Crippen LogP contribution in [0.3, 0.4) is 0 Å². The van der Waals surface area contributed by atoms with Crippen molar-refractivity contribution in [3.8, 4) is 11.4 Å². The maximum Gasteiger partial charge on any atom is 0.573 e. The number of aromatic nitrogens is 2. The lowest BCUT2D eigenvalue weighted by molar-refractivity contribution is -0.274. The molecule has 1 aliphatic rings. The first-order chi connectivity index (χ1) is 15.2. The Morgan fingerprint density at radius 3 is 2.47 bits per heavy atom. The Morgan fingerprint density at radius 1 is 1.09 bits per heavy atom. The fourth-order valence-electron chi connectivity index (χ4n) is 3.97. The summed E-state index contributed by atoms with van der Waals surface area (Å²) in [6.07, 6.45) is -0.803. The SMILES string of the molecule is O=C(Cl)N1CC(c2ccc(OC(F)(F)F)cc2)CC(c2cn(-c3cccc(F)c3)cn2)C1. The predicted molar refractivity (Wildman–Crippen MR) is 110 cm³/mol. The van der Waals surface area contributed by atoms with E-state index in [1.165, 1.54) is 29.2 Å². The van der Waals surface area contributed by atoms with E-state index in [4.69, 9.17) is 11.6 Å². The third-order valence-corrected chi connectivity index (χ3v) is 5.65. The number of amides is 1. The van der Waals surface area contributed by atoms with Gasteiger partial charge in [-0.2, -0.15) is 0 Å². The Morgan fingerprint density at radius 2 is 1.81 bits per heavy atom. The smallest absolute Gasteiger partial charge is 0.406 e. The summed E-state index contributed by atoms with van der Waals surface area (Å²) in [5, 5.41) is -0.610. The van der Waals surface area contributed by atoms with Crippen molar-refractivity contribution >= 4 is 17.0 Å². The molecular weight excluding hydrogens is 450 g/mol. The first-order valence-electron chi connectivity index (χ1n) is 9.78. The second-order valence-corrected chi connectivity index (χ2v) is 7.91. The molecule has 2 unspecified atom stereocenters. The first-order valence-corrected chi connectivity index (χ1v) is 10.2. The van der Waals surface area contributed by atoms with Crippen LogP contribution in [0.25, 0.3) is 5.69 Å². The molecular formula is C22H18ClF4N3O2. The second kappa shape index (κ2) is 8.82. The molecule has 0 saturated carbocycles. The Hall–Kier alpha value is -3.07. The summed E-state index contributed by atoms with van der Waals surface area (Å²) >= 11 is 5.75. The van der Waals surface area contributed by atoms with Gasteiger partial charge in [-0.15, -0.1) is 13.2 Å². The Labute approximate surface area is 186 Å². The summed E-state index contributed by atoms with van der Waals surface area (Å²) in [5.41, 5.74) is 2.08. The quantitative estimate of drug-likeness (QED) is 0.275. The molecule has 1 fully saturated rings. The van der Waals surface area contributed by atoms with Gasteiger partial charge in [0.25, 0.3) is 0 Å². The van der Waals surface area contributed by atoms with E-state index in [1.807, 2.05) is 0 Å². The zero-order valence-corrected chi connectivity index (χ0v) is 17.4. The highest BCUT2D eigenvalue weighted by molar-refractivity contribution is 6.62. The molecule has 0 spiro atoms. The van der Waals surface area contributed by atoms with Crippen LogP contribution in [0.15, 0.2) is 61.1 Å². The minimum absolute atomic E-state index is 0.155. The Bertz CT molecular complexity index is 1100. The van der Waals surface area contributed by atoms with Crippen LogP contribution in [-0.4, -0.2) is 39.3 Å². The average molecular weight is 468 g/mol. The molecule has 4 rings (SSSR count).